The van der Waals surface area contributed by atoms with Crippen LogP contribution in [0.1, 0.15) is 31.2 Å². The van der Waals surface area contributed by atoms with Gasteiger partial charge in [0, 0.05) is 12.0 Å². The van der Waals surface area contributed by atoms with Gasteiger partial charge >= 0.3 is 0 Å². The number of hydrogen-bond donors (Lipinski definition) is 1. The molecule has 0 saturated heterocycles. The molecule has 1 aliphatic carbocycles. The van der Waals surface area contributed by atoms with E-state index in [4.69, 9.17) is 0 Å². The van der Waals surface area contributed by atoms with E-state index in [9.17, 15) is 8.42 Å². The Morgan fingerprint density at radius 1 is 1.10 bits per heavy atom. The number of rotatable bonds is 5. The maximum absolute atomic E-state index is 12.4. The Kier molecular flexibility index (Phi) is 4.15. The van der Waals surface area contributed by atoms with Crippen molar-refractivity contribution in [1.29, 1.82) is 0 Å². The fraction of sp³-hybridized carbons (Fsp3) is 0.375. The van der Waals surface area contributed by atoms with Gasteiger partial charge in [0.15, 0.2) is 0 Å². The zero-order valence-electron chi connectivity index (χ0n) is 11.8. The van der Waals surface area contributed by atoms with E-state index in [-0.39, 0.29) is 5.41 Å². The molecule has 21 heavy (non-hydrogen) atoms. The van der Waals surface area contributed by atoms with Crippen LogP contribution in [0.4, 0.5) is 0 Å². The van der Waals surface area contributed by atoms with Crippen LogP contribution in [0.2, 0.25) is 0 Å². The lowest BCUT2D eigenvalue weighted by Gasteiger charge is -2.28. The zero-order chi connectivity index (χ0) is 14.8. The second kappa shape index (κ2) is 5.91. The minimum atomic E-state index is -3.42. The predicted octanol–water partition coefficient (Wildman–Crippen LogP) is 3.54. The smallest absolute Gasteiger partial charge is 0.210 e. The summed E-state index contributed by atoms with van der Waals surface area (Å²) in [4.78, 5) is 0.337. The lowest BCUT2D eigenvalue weighted by atomic mass is 9.81. The van der Waals surface area contributed by atoms with E-state index in [1.807, 2.05) is 6.07 Å². The minimum absolute atomic E-state index is 0.0259. The lowest BCUT2D eigenvalue weighted by molar-refractivity contribution is 0.433. The van der Waals surface area contributed by atoms with Crippen molar-refractivity contribution in [3.05, 3.63) is 52.7 Å². The van der Waals surface area contributed by atoms with Crippen LogP contribution >= 0.6 is 11.3 Å². The maximum atomic E-state index is 12.4. The largest absolute Gasteiger partial charge is 0.240 e. The topological polar surface area (TPSA) is 46.2 Å². The number of nitrogens with one attached hydrogen (secondary N) is 1. The van der Waals surface area contributed by atoms with Gasteiger partial charge in [0.2, 0.25) is 10.0 Å². The van der Waals surface area contributed by atoms with Gasteiger partial charge in [-0.25, -0.2) is 13.1 Å². The van der Waals surface area contributed by atoms with Crippen molar-refractivity contribution in [2.45, 2.75) is 36.0 Å². The SMILES string of the molecule is O=S(=O)(NCC1(c2ccsc2)CCCC1)c1ccccc1. The summed E-state index contributed by atoms with van der Waals surface area (Å²) in [6, 6.07) is 10.7. The molecule has 0 radical (unpaired) electrons. The highest BCUT2D eigenvalue weighted by Gasteiger charge is 2.36. The van der Waals surface area contributed by atoms with Gasteiger partial charge in [-0.15, -0.1) is 0 Å². The molecule has 1 aromatic heterocycles. The molecule has 1 N–H and O–H groups in total. The van der Waals surface area contributed by atoms with Crippen LogP contribution in [0.3, 0.4) is 0 Å². The van der Waals surface area contributed by atoms with Crippen LogP contribution < -0.4 is 4.72 Å². The molecule has 0 aliphatic heterocycles. The van der Waals surface area contributed by atoms with Crippen molar-refractivity contribution in [3.8, 4) is 0 Å². The van der Waals surface area contributed by atoms with Crippen molar-refractivity contribution in [2.75, 3.05) is 6.54 Å². The Labute approximate surface area is 130 Å². The first-order valence-corrected chi connectivity index (χ1v) is 9.62. The number of hydrogen-bond acceptors (Lipinski definition) is 3. The molecular weight excluding hydrogens is 302 g/mol. The fourth-order valence-electron chi connectivity index (χ4n) is 3.10. The van der Waals surface area contributed by atoms with Crippen LogP contribution in [-0.2, 0) is 15.4 Å². The van der Waals surface area contributed by atoms with Gasteiger partial charge in [-0.2, -0.15) is 11.3 Å². The molecule has 1 fully saturated rings. The van der Waals surface area contributed by atoms with Crippen molar-refractivity contribution in [1.82, 2.24) is 4.72 Å². The minimum Gasteiger partial charge on any atom is -0.210 e. The third-order valence-electron chi connectivity index (χ3n) is 4.35. The highest BCUT2D eigenvalue weighted by Crippen LogP contribution is 2.41. The van der Waals surface area contributed by atoms with Gasteiger partial charge in [-0.1, -0.05) is 31.0 Å². The Morgan fingerprint density at radius 3 is 2.43 bits per heavy atom. The summed E-state index contributed by atoms with van der Waals surface area (Å²) < 4.78 is 27.6. The summed E-state index contributed by atoms with van der Waals surface area (Å²) in [5.74, 6) is 0. The van der Waals surface area contributed by atoms with E-state index in [1.165, 1.54) is 18.4 Å². The molecule has 0 bridgehead atoms. The molecule has 1 heterocycles. The van der Waals surface area contributed by atoms with E-state index in [1.54, 1.807) is 35.6 Å². The van der Waals surface area contributed by atoms with Gasteiger partial charge in [0.25, 0.3) is 0 Å². The van der Waals surface area contributed by atoms with Crippen LogP contribution in [-0.4, -0.2) is 15.0 Å². The Balaban J connectivity index is 1.80. The van der Waals surface area contributed by atoms with Crippen LogP contribution in [0.25, 0.3) is 0 Å². The van der Waals surface area contributed by atoms with Crippen LogP contribution in [0.5, 0.6) is 0 Å². The standard InChI is InChI=1S/C16H19NO2S2/c18-21(19,15-6-2-1-3-7-15)17-13-16(9-4-5-10-16)14-8-11-20-12-14/h1-3,6-8,11-12,17H,4-5,9-10,13H2. The lowest BCUT2D eigenvalue weighted by Crippen LogP contribution is -2.38. The molecule has 2 aromatic rings. The molecule has 112 valence electrons. The van der Waals surface area contributed by atoms with Gasteiger partial charge in [-0.05, 0) is 47.4 Å². The van der Waals surface area contributed by atoms with E-state index < -0.39 is 10.0 Å². The average molecular weight is 321 g/mol. The van der Waals surface area contributed by atoms with E-state index in [2.05, 4.69) is 21.5 Å². The second-order valence-electron chi connectivity index (χ2n) is 5.64. The normalized spacial score (nSPS) is 17.9. The molecule has 0 amide bonds. The Hall–Kier alpha value is -1.17. The van der Waals surface area contributed by atoms with Crippen LogP contribution in [0.15, 0.2) is 52.1 Å². The van der Waals surface area contributed by atoms with E-state index >= 15 is 0 Å². The summed E-state index contributed by atoms with van der Waals surface area (Å²) in [6.45, 7) is 0.487. The molecule has 1 aliphatic rings. The van der Waals surface area contributed by atoms with E-state index in [0.717, 1.165) is 12.8 Å². The van der Waals surface area contributed by atoms with Crippen molar-refractivity contribution < 1.29 is 8.42 Å². The zero-order valence-corrected chi connectivity index (χ0v) is 13.4. The van der Waals surface area contributed by atoms with Gasteiger partial charge in [0.05, 0.1) is 4.90 Å². The summed E-state index contributed by atoms with van der Waals surface area (Å²) in [5.41, 5.74) is 1.25. The predicted molar refractivity (Wildman–Crippen MR) is 86.1 cm³/mol. The monoisotopic (exact) mass is 321 g/mol. The molecule has 0 spiro atoms. The molecule has 1 saturated carbocycles. The van der Waals surface area contributed by atoms with E-state index in [0.29, 0.717) is 11.4 Å². The number of sulfonamides is 1. The fourth-order valence-corrected chi connectivity index (χ4v) is 5.03. The molecule has 3 nitrogen and oxygen atoms in total. The summed E-state index contributed by atoms with van der Waals surface area (Å²) in [6.07, 6.45) is 4.45. The molecule has 3 rings (SSSR count). The number of thiophene rings is 1. The third-order valence-corrected chi connectivity index (χ3v) is 6.45. The number of benzene rings is 1. The highest BCUT2D eigenvalue weighted by atomic mass is 32.2. The summed E-state index contributed by atoms with van der Waals surface area (Å²) in [5, 5.41) is 4.23. The second-order valence-corrected chi connectivity index (χ2v) is 8.18. The summed E-state index contributed by atoms with van der Waals surface area (Å²) in [7, 11) is -3.42. The van der Waals surface area contributed by atoms with Crippen molar-refractivity contribution in [2.24, 2.45) is 0 Å². The van der Waals surface area contributed by atoms with Gasteiger partial charge in [-0.3, -0.25) is 0 Å². The first kappa shape index (κ1) is 14.8. The van der Waals surface area contributed by atoms with Gasteiger partial charge < -0.3 is 0 Å². The highest BCUT2D eigenvalue weighted by molar-refractivity contribution is 7.89. The summed E-state index contributed by atoms with van der Waals surface area (Å²) >= 11 is 1.68. The Bertz CT molecular complexity index is 672. The average Bonchev–Trinajstić information content (AvgIpc) is 3.18. The first-order chi connectivity index (χ1) is 10.1. The van der Waals surface area contributed by atoms with Crippen LogP contribution in [0, 0.1) is 0 Å². The van der Waals surface area contributed by atoms with Crippen molar-refractivity contribution >= 4 is 21.4 Å². The quantitative estimate of drug-likeness (QED) is 0.915. The third kappa shape index (κ3) is 3.05. The molecular formula is C16H19NO2S2. The molecule has 0 atom stereocenters. The molecule has 5 heteroatoms. The van der Waals surface area contributed by atoms with Crippen molar-refractivity contribution in [3.63, 3.8) is 0 Å². The maximum Gasteiger partial charge on any atom is 0.240 e. The Morgan fingerprint density at radius 2 is 1.81 bits per heavy atom. The molecule has 1 aromatic carbocycles. The molecule has 0 unspecified atom stereocenters. The van der Waals surface area contributed by atoms with Gasteiger partial charge in [0.1, 0.15) is 0 Å². The first-order valence-electron chi connectivity index (χ1n) is 7.20.